The van der Waals surface area contributed by atoms with Gasteiger partial charge in [-0.05, 0) is 26.3 Å². The lowest BCUT2D eigenvalue weighted by Gasteiger charge is -2.20. The van der Waals surface area contributed by atoms with E-state index in [0.717, 1.165) is 12.5 Å². The molecule has 0 aliphatic rings. The van der Waals surface area contributed by atoms with E-state index < -0.39 is 12.1 Å². The van der Waals surface area contributed by atoms with Crippen molar-refractivity contribution in [1.29, 1.82) is 0 Å². The van der Waals surface area contributed by atoms with Gasteiger partial charge in [0.1, 0.15) is 0 Å². The third-order valence-electron chi connectivity index (χ3n) is 2.22. The number of carbonyl (C=O) groups is 1. The van der Waals surface area contributed by atoms with Gasteiger partial charge in [0.05, 0.1) is 5.92 Å². The molecule has 1 nitrogen and oxygen atoms in total. The molecule has 0 N–H and O–H groups in total. The predicted octanol–water partition coefficient (Wildman–Crippen LogP) is 3.89. The Morgan fingerprint density at radius 3 is 2.20 bits per heavy atom. The maximum Gasteiger partial charge on any atom is 0.395 e. The molecule has 0 amide bonds. The predicted molar refractivity (Wildman–Crippen MR) is 53.5 cm³/mol. The third-order valence-corrected chi connectivity index (χ3v) is 2.22. The summed E-state index contributed by atoms with van der Waals surface area (Å²) in [7, 11) is 0. The first kappa shape index (κ1) is 14.2. The van der Waals surface area contributed by atoms with Crippen LogP contribution in [-0.2, 0) is 4.79 Å². The first-order valence-electron chi connectivity index (χ1n) is 5.04. The molecule has 0 heterocycles. The standard InChI is InChI=1S/C11H17F3O/c1-4-5-6-10(11(12,13)14)8(2)7-9(3)15/h7,10H,4-6H2,1-3H3/b8-7-. The number of rotatable bonds is 5. The molecule has 0 aliphatic heterocycles. The average molecular weight is 222 g/mol. The van der Waals surface area contributed by atoms with Crippen molar-refractivity contribution < 1.29 is 18.0 Å². The van der Waals surface area contributed by atoms with E-state index in [4.69, 9.17) is 0 Å². The lowest BCUT2D eigenvalue weighted by molar-refractivity contribution is -0.165. The van der Waals surface area contributed by atoms with Crippen LogP contribution in [0.1, 0.15) is 40.0 Å². The van der Waals surface area contributed by atoms with E-state index in [2.05, 4.69) is 0 Å². The molecule has 1 unspecified atom stereocenters. The smallest absolute Gasteiger partial charge is 0.295 e. The molecule has 0 aromatic heterocycles. The molecule has 15 heavy (non-hydrogen) atoms. The van der Waals surface area contributed by atoms with Crippen LogP contribution < -0.4 is 0 Å². The van der Waals surface area contributed by atoms with Crippen molar-refractivity contribution in [2.75, 3.05) is 0 Å². The Morgan fingerprint density at radius 1 is 1.33 bits per heavy atom. The van der Waals surface area contributed by atoms with Gasteiger partial charge in [0.15, 0.2) is 5.78 Å². The fourth-order valence-electron chi connectivity index (χ4n) is 1.48. The first-order valence-corrected chi connectivity index (χ1v) is 5.04. The van der Waals surface area contributed by atoms with Crippen LogP contribution in [0, 0.1) is 5.92 Å². The van der Waals surface area contributed by atoms with Crippen molar-refractivity contribution in [2.45, 2.75) is 46.2 Å². The lowest BCUT2D eigenvalue weighted by Crippen LogP contribution is -2.24. The molecule has 0 fully saturated rings. The largest absolute Gasteiger partial charge is 0.395 e. The van der Waals surface area contributed by atoms with Crippen LogP contribution in [0.3, 0.4) is 0 Å². The Balaban J connectivity index is 4.70. The van der Waals surface area contributed by atoms with Crippen LogP contribution in [0.2, 0.25) is 0 Å². The van der Waals surface area contributed by atoms with E-state index in [9.17, 15) is 18.0 Å². The zero-order valence-electron chi connectivity index (χ0n) is 9.32. The second-order valence-electron chi connectivity index (χ2n) is 3.74. The van der Waals surface area contributed by atoms with Crippen molar-refractivity contribution in [3.8, 4) is 0 Å². The van der Waals surface area contributed by atoms with E-state index in [0.29, 0.717) is 6.42 Å². The summed E-state index contributed by atoms with van der Waals surface area (Å²) in [6.07, 6.45) is -1.86. The number of carbonyl (C=O) groups excluding carboxylic acids is 1. The van der Waals surface area contributed by atoms with Crippen LogP contribution in [0.25, 0.3) is 0 Å². The van der Waals surface area contributed by atoms with Crippen LogP contribution in [0.5, 0.6) is 0 Å². The van der Waals surface area contributed by atoms with Crippen molar-refractivity contribution in [2.24, 2.45) is 5.92 Å². The molecule has 0 saturated heterocycles. The minimum absolute atomic E-state index is 0.0651. The minimum atomic E-state index is -4.24. The highest BCUT2D eigenvalue weighted by molar-refractivity contribution is 5.87. The zero-order chi connectivity index (χ0) is 12.1. The molecule has 0 spiro atoms. The summed E-state index contributed by atoms with van der Waals surface area (Å²) >= 11 is 0. The summed E-state index contributed by atoms with van der Waals surface area (Å²) in [5.41, 5.74) is 0.114. The molecule has 0 saturated carbocycles. The topological polar surface area (TPSA) is 17.1 Å². The molecule has 0 radical (unpaired) electrons. The molecular formula is C11H17F3O. The van der Waals surface area contributed by atoms with E-state index in [1.807, 2.05) is 6.92 Å². The fourth-order valence-corrected chi connectivity index (χ4v) is 1.48. The highest BCUT2D eigenvalue weighted by atomic mass is 19.4. The number of allylic oxidation sites excluding steroid dienone is 2. The monoisotopic (exact) mass is 222 g/mol. The molecule has 1 atom stereocenters. The molecule has 88 valence electrons. The maximum atomic E-state index is 12.6. The Bertz CT molecular complexity index is 241. The summed E-state index contributed by atoms with van der Waals surface area (Å²) in [6.45, 7) is 4.48. The van der Waals surface area contributed by atoms with Gasteiger partial charge in [0.25, 0.3) is 0 Å². The van der Waals surface area contributed by atoms with Gasteiger partial charge < -0.3 is 0 Å². The highest BCUT2D eigenvalue weighted by Crippen LogP contribution is 2.35. The van der Waals surface area contributed by atoms with Gasteiger partial charge in [-0.3, -0.25) is 4.79 Å². The first-order chi connectivity index (χ1) is 6.79. The normalized spacial score (nSPS) is 15.2. The second kappa shape index (κ2) is 5.93. The van der Waals surface area contributed by atoms with Crippen molar-refractivity contribution >= 4 is 5.78 Å². The number of hydrogen-bond acceptors (Lipinski definition) is 1. The third kappa shape index (κ3) is 5.60. The minimum Gasteiger partial charge on any atom is -0.295 e. The molecule has 4 heteroatoms. The second-order valence-corrected chi connectivity index (χ2v) is 3.74. The van der Waals surface area contributed by atoms with Gasteiger partial charge in [0, 0.05) is 0 Å². The Morgan fingerprint density at radius 2 is 1.87 bits per heavy atom. The number of ketones is 1. The van der Waals surface area contributed by atoms with Crippen LogP contribution in [0.15, 0.2) is 11.6 Å². The molecule has 0 aliphatic carbocycles. The average Bonchev–Trinajstić information content (AvgIpc) is 2.00. The summed E-state index contributed by atoms with van der Waals surface area (Å²) < 4.78 is 37.8. The number of unbranched alkanes of at least 4 members (excludes halogenated alkanes) is 1. The van der Waals surface area contributed by atoms with Crippen molar-refractivity contribution in [3.63, 3.8) is 0 Å². The van der Waals surface area contributed by atoms with E-state index >= 15 is 0 Å². The summed E-state index contributed by atoms with van der Waals surface area (Å²) in [4.78, 5) is 10.7. The van der Waals surface area contributed by atoms with Crippen molar-refractivity contribution in [3.05, 3.63) is 11.6 Å². The fraction of sp³-hybridized carbons (Fsp3) is 0.727. The summed E-state index contributed by atoms with van der Waals surface area (Å²) in [5.74, 6) is -1.81. The van der Waals surface area contributed by atoms with Gasteiger partial charge >= 0.3 is 6.18 Å². The van der Waals surface area contributed by atoms with Crippen molar-refractivity contribution in [1.82, 2.24) is 0 Å². The molecule has 0 aromatic carbocycles. The number of halogens is 3. The Kier molecular flexibility index (Phi) is 5.61. The highest BCUT2D eigenvalue weighted by Gasteiger charge is 2.39. The summed E-state index contributed by atoms with van der Waals surface area (Å²) in [5, 5.41) is 0. The quantitative estimate of drug-likeness (QED) is 0.645. The number of hydrogen-bond donors (Lipinski definition) is 0. The van der Waals surface area contributed by atoms with Gasteiger partial charge in [-0.15, -0.1) is 0 Å². The maximum absolute atomic E-state index is 12.6. The van der Waals surface area contributed by atoms with E-state index in [1.54, 1.807) is 0 Å². The number of alkyl halides is 3. The zero-order valence-corrected chi connectivity index (χ0v) is 9.32. The van der Waals surface area contributed by atoms with Crippen LogP contribution in [-0.4, -0.2) is 12.0 Å². The van der Waals surface area contributed by atoms with E-state index in [1.165, 1.54) is 13.8 Å². The van der Waals surface area contributed by atoms with E-state index in [-0.39, 0.29) is 17.8 Å². The molecular weight excluding hydrogens is 205 g/mol. The Hall–Kier alpha value is -0.800. The van der Waals surface area contributed by atoms with Gasteiger partial charge in [-0.2, -0.15) is 13.2 Å². The molecule has 0 bridgehead atoms. The van der Waals surface area contributed by atoms with Gasteiger partial charge in [-0.25, -0.2) is 0 Å². The van der Waals surface area contributed by atoms with Gasteiger partial charge in [-0.1, -0.05) is 25.3 Å². The molecule has 0 aromatic rings. The SMILES string of the molecule is CCCCC(/C(C)=C\C(C)=O)C(F)(F)F. The van der Waals surface area contributed by atoms with Crippen LogP contribution in [0.4, 0.5) is 13.2 Å². The molecule has 0 rings (SSSR count). The summed E-state index contributed by atoms with van der Waals surface area (Å²) in [6, 6.07) is 0. The Labute approximate surface area is 88.4 Å². The lowest BCUT2D eigenvalue weighted by atomic mass is 9.93. The van der Waals surface area contributed by atoms with Gasteiger partial charge in [0.2, 0.25) is 0 Å². The van der Waals surface area contributed by atoms with Crippen LogP contribution >= 0.6 is 0 Å².